The van der Waals surface area contributed by atoms with E-state index in [-0.39, 0.29) is 12.0 Å². The molecule has 1 aromatic heterocycles. The molecule has 4 nitrogen and oxygen atoms in total. The van der Waals surface area contributed by atoms with E-state index < -0.39 is 0 Å². The van der Waals surface area contributed by atoms with Crippen LogP contribution in [0.25, 0.3) is 10.9 Å². The van der Waals surface area contributed by atoms with Crippen LogP contribution in [0.5, 0.6) is 0 Å². The summed E-state index contributed by atoms with van der Waals surface area (Å²) in [5.41, 5.74) is 2.39. The topological polar surface area (TPSA) is 53.4 Å². The second-order valence-electron chi connectivity index (χ2n) is 6.18. The zero-order valence-corrected chi connectivity index (χ0v) is 13.1. The molecule has 1 saturated heterocycles. The van der Waals surface area contributed by atoms with Gasteiger partial charge in [0.15, 0.2) is 0 Å². The normalized spacial score (nSPS) is 17.7. The van der Waals surface area contributed by atoms with Gasteiger partial charge in [0.05, 0.1) is 22.9 Å². The number of pyridine rings is 1. The van der Waals surface area contributed by atoms with Gasteiger partial charge in [0.2, 0.25) is 0 Å². The van der Waals surface area contributed by atoms with Crippen LogP contribution in [-0.4, -0.2) is 40.1 Å². The molecule has 116 valence electrons. The van der Waals surface area contributed by atoms with Gasteiger partial charge in [0.1, 0.15) is 0 Å². The number of rotatable bonds is 2. The number of para-hydroxylation sites is 1. The molecule has 0 radical (unpaired) electrons. The lowest BCUT2D eigenvalue weighted by atomic mass is 9.92. The quantitative estimate of drug-likeness (QED) is 0.927. The summed E-state index contributed by atoms with van der Waals surface area (Å²) >= 11 is 0. The molecular formula is C18H22N2O2. The van der Waals surface area contributed by atoms with Crippen LogP contribution in [0.1, 0.15) is 35.8 Å². The van der Waals surface area contributed by atoms with Crippen LogP contribution in [0.2, 0.25) is 0 Å². The van der Waals surface area contributed by atoms with E-state index in [2.05, 4.69) is 4.98 Å². The van der Waals surface area contributed by atoms with Crippen LogP contribution in [0.3, 0.4) is 0 Å². The Morgan fingerprint density at radius 3 is 2.68 bits per heavy atom. The average Bonchev–Trinajstić information content (AvgIpc) is 2.53. The van der Waals surface area contributed by atoms with Crippen molar-refractivity contribution in [3.05, 3.63) is 41.6 Å². The van der Waals surface area contributed by atoms with Crippen LogP contribution in [0, 0.1) is 12.8 Å². The van der Waals surface area contributed by atoms with E-state index >= 15 is 0 Å². The first kappa shape index (κ1) is 15.0. The molecule has 0 bridgehead atoms. The van der Waals surface area contributed by atoms with E-state index in [4.69, 9.17) is 0 Å². The predicted octanol–water partition coefficient (Wildman–Crippen LogP) is 2.78. The fourth-order valence-electron chi connectivity index (χ4n) is 3.18. The summed E-state index contributed by atoms with van der Waals surface area (Å²) in [5, 5.41) is 10.7. The zero-order chi connectivity index (χ0) is 15.7. The van der Waals surface area contributed by atoms with Gasteiger partial charge in [-0.15, -0.1) is 0 Å². The molecule has 22 heavy (non-hydrogen) atoms. The number of carbonyl (C=O) groups is 1. The van der Waals surface area contributed by atoms with E-state index in [0.717, 1.165) is 29.4 Å². The third-order valence-electron chi connectivity index (χ3n) is 4.65. The molecule has 0 saturated carbocycles. The number of fused-ring (bicyclic) bond motifs is 1. The predicted molar refractivity (Wildman–Crippen MR) is 86.8 cm³/mol. The molecule has 2 aromatic rings. The standard InChI is InChI=1S/C18H22N2O2/c1-12-16(11-15-5-3-4-6-17(15)19-12)18(22)20-9-7-14(8-10-20)13(2)21/h3-6,11,13-14,21H,7-10H2,1-2H3. The smallest absolute Gasteiger partial charge is 0.255 e. The van der Waals surface area contributed by atoms with Gasteiger partial charge < -0.3 is 10.0 Å². The highest BCUT2D eigenvalue weighted by Crippen LogP contribution is 2.23. The fraction of sp³-hybridized carbons (Fsp3) is 0.444. The Balaban J connectivity index is 1.82. The second kappa shape index (κ2) is 6.05. The largest absolute Gasteiger partial charge is 0.393 e. The van der Waals surface area contributed by atoms with Crippen LogP contribution in [0.4, 0.5) is 0 Å². The summed E-state index contributed by atoms with van der Waals surface area (Å²) in [6.07, 6.45) is 1.44. The van der Waals surface area contributed by atoms with Gasteiger partial charge in [-0.25, -0.2) is 0 Å². The summed E-state index contributed by atoms with van der Waals surface area (Å²) in [7, 11) is 0. The van der Waals surface area contributed by atoms with Crippen molar-refractivity contribution in [2.45, 2.75) is 32.8 Å². The molecule has 1 fully saturated rings. The van der Waals surface area contributed by atoms with E-state index in [9.17, 15) is 9.90 Å². The summed E-state index contributed by atoms with van der Waals surface area (Å²) in [4.78, 5) is 19.2. The second-order valence-corrected chi connectivity index (χ2v) is 6.18. The molecular weight excluding hydrogens is 276 g/mol. The van der Waals surface area contributed by atoms with Crippen molar-refractivity contribution in [1.82, 2.24) is 9.88 Å². The molecule has 1 aliphatic rings. The van der Waals surface area contributed by atoms with Crippen molar-refractivity contribution in [2.75, 3.05) is 13.1 Å². The first-order valence-electron chi connectivity index (χ1n) is 7.90. The Bertz CT molecular complexity index is 689. The maximum Gasteiger partial charge on any atom is 0.255 e. The molecule has 0 aliphatic carbocycles. The van der Waals surface area contributed by atoms with E-state index in [1.165, 1.54) is 0 Å². The highest BCUT2D eigenvalue weighted by Gasteiger charge is 2.27. The number of carbonyl (C=O) groups excluding carboxylic acids is 1. The lowest BCUT2D eigenvalue weighted by Gasteiger charge is -2.33. The Morgan fingerprint density at radius 1 is 1.32 bits per heavy atom. The number of amides is 1. The highest BCUT2D eigenvalue weighted by atomic mass is 16.3. The van der Waals surface area contributed by atoms with Crippen LogP contribution in [0.15, 0.2) is 30.3 Å². The molecule has 3 rings (SSSR count). The Labute approximate surface area is 130 Å². The SMILES string of the molecule is Cc1nc2ccccc2cc1C(=O)N1CCC(C(C)O)CC1. The lowest BCUT2D eigenvalue weighted by Crippen LogP contribution is -2.41. The third-order valence-corrected chi connectivity index (χ3v) is 4.65. The number of hydrogen-bond donors (Lipinski definition) is 1. The molecule has 1 unspecified atom stereocenters. The molecule has 0 spiro atoms. The van der Waals surface area contributed by atoms with E-state index in [1.807, 2.05) is 49.1 Å². The number of nitrogens with zero attached hydrogens (tertiary/aromatic N) is 2. The fourth-order valence-corrected chi connectivity index (χ4v) is 3.18. The maximum atomic E-state index is 12.8. The molecule has 4 heteroatoms. The maximum absolute atomic E-state index is 12.8. The van der Waals surface area contributed by atoms with Crippen molar-refractivity contribution < 1.29 is 9.90 Å². The highest BCUT2D eigenvalue weighted by molar-refractivity contribution is 5.98. The number of hydrogen-bond acceptors (Lipinski definition) is 3. The molecule has 1 N–H and O–H groups in total. The lowest BCUT2D eigenvalue weighted by molar-refractivity contribution is 0.0520. The van der Waals surface area contributed by atoms with Gasteiger partial charge in [-0.2, -0.15) is 0 Å². The van der Waals surface area contributed by atoms with Gasteiger partial charge >= 0.3 is 0 Å². The van der Waals surface area contributed by atoms with E-state index in [1.54, 1.807) is 0 Å². The zero-order valence-electron chi connectivity index (χ0n) is 13.1. The Hall–Kier alpha value is -1.94. The molecule has 1 atom stereocenters. The summed E-state index contributed by atoms with van der Waals surface area (Å²) in [6.45, 7) is 5.14. The van der Waals surface area contributed by atoms with Gasteiger partial charge in [-0.05, 0) is 44.7 Å². The van der Waals surface area contributed by atoms with Gasteiger partial charge in [-0.3, -0.25) is 9.78 Å². The summed E-state index contributed by atoms with van der Waals surface area (Å²) in [5.74, 6) is 0.361. The first-order chi connectivity index (χ1) is 10.6. The Morgan fingerprint density at radius 2 is 2.00 bits per heavy atom. The van der Waals surface area contributed by atoms with Crippen LogP contribution in [-0.2, 0) is 0 Å². The number of benzene rings is 1. The first-order valence-corrected chi connectivity index (χ1v) is 7.90. The van der Waals surface area contributed by atoms with Crippen LogP contribution < -0.4 is 0 Å². The number of aromatic nitrogens is 1. The van der Waals surface area contributed by atoms with Gasteiger partial charge in [0.25, 0.3) is 5.91 Å². The molecule has 1 aromatic carbocycles. The number of likely N-dealkylation sites (tertiary alicyclic amines) is 1. The summed E-state index contributed by atoms with van der Waals surface area (Å²) < 4.78 is 0. The third kappa shape index (κ3) is 2.83. The monoisotopic (exact) mass is 298 g/mol. The van der Waals surface area contributed by atoms with Gasteiger partial charge in [-0.1, -0.05) is 18.2 Å². The van der Waals surface area contributed by atoms with Crippen LogP contribution >= 0.6 is 0 Å². The minimum atomic E-state index is -0.290. The summed E-state index contributed by atoms with van der Waals surface area (Å²) in [6, 6.07) is 9.81. The van der Waals surface area contributed by atoms with E-state index in [0.29, 0.717) is 24.6 Å². The molecule has 1 amide bonds. The minimum absolute atomic E-state index is 0.0554. The van der Waals surface area contributed by atoms with Crippen molar-refractivity contribution >= 4 is 16.8 Å². The molecule has 2 heterocycles. The van der Waals surface area contributed by atoms with Crippen molar-refractivity contribution in [3.63, 3.8) is 0 Å². The molecule has 1 aliphatic heterocycles. The van der Waals surface area contributed by atoms with Crippen molar-refractivity contribution in [1.29, 1.82) is 0 Å². The number of aliphatic hydroxyl groups excluding tert-OH is 1. The number of aryl methyl sites for hydroxylation is 1. The average molecular weight is 298 g/mol. The number of aliphatic hydroxyl groups is 1. The van der Waals surface area contributed by atoms with Crippen molar-refractivity contribution in [2.24, 2.45) is 5.92 Å². The van der Waals surface area contributed by atoms with Gasteiger partial charge in [0, 0.05) is 18.5 Å². The number of piperidine rings is 1. The van der Waals surface area contributed by atoms with Crippen molar-refractivity contribution in [3.8, 4) is 0 Å². The minimum Gasteiger partial charge on any atom is -0.393 e. The Kier molecular flexibility index (Phi) is 4.12.